The van der Waals surface area contributed by atoms with E-state index in [2.05, 4.69) is 6.58 Å². The molecule has 0 bridgehead atoms. The van der Waals surface area contributed by atoms with Crippen molar-refractivity contribution < 1.29 is 9.90 Å². The van der Waals surface area contributed by atoms with Crippen molar-refractivity contribution in [3.63, 3.8) is 0 Å². The molecule has 0 amide bonds. The van der Waals surface area contributed by atoms with Crippen LogP contribution < -0.4 is 11.3 Å². The molecule has 0 saturated heterocycles. The molecular formula is C14H21NO2. The summed E-state index contributed by atoms with van der Waals surface area (Å²) >= 11 is 0. The molecule has 0 aliphatic rings. The van der Waals surface area contributed by atoms with Crippen LogP contribution in [-0.2, 0) is 10.2 Å². The fourth-order valence-corrected chi connectivity index (χ4v) is 2.03. The molecule has 0 aliphatic carbocycles. The van der Waals surface area contributed by atoms with Crippen LogP contribution in [0.25, 0.3) is 6.08 Å². The van der Waals surface area contributed by atoms with Crippen molar-refractivity contribution in [2.75, 3.05) is 0 Å². The van der Waals surface area contributed by atoms with Crippen molar-refractivity contribution >= 4 is 12.0 Å². The van der Waals surface area contributed by atoms with Gasteiger partial charge >= 0.3 is 0 Å². The minimum atomic E-state index is -1.02. The number of carbonyl (C=O) groups is 1. The van der Waals surface area contributed by atoms with Crippen molar-refractivity contribution in [1.29, 1.82) is 0 Å². The van der Waals surface area contributed by atoms with Gasteiger partial charge in [-0.15, -0.1) is 0 Å². The summed E-state index contributed by atoms with van der Waals surface area (Å²) in [5, 5.41) is 10.7. The van der Waals surface area contributed by atoms with Gasteiger partial charge in [0.05, 0.1) is 0 Å². The summed E-state index contributed by atoms with van der Waals surface area (Å²) in [4.78, 5) is 10.7. The predicted molar refractivity (Wildman–Crippen MR) is 69.9 cm³/mol. The molecule has 4 N–H and O–H groups in total. The highest BCUT2D eigenvalue weighted by Gasteiger charge is 2.22. The van der Waals surface area contributed by atoms with Gasteiger partial charge in [0.1, 0.15) is 0 Å². The second kappa shape index (κ2) is 5.64. The number of quaternary nitrogens is 1. The van der Waals surface area contributed by atoms with Crippen LogP contribution in [0.1, 0.15) is 37.0 Å². The van der Waals surface area contributed by atoms with Crippen molar-refractivity contribution in [2.24, 2.45) is 0 Å². The highest BCUT2D eigenvalue weighted by atomic mass is 16.4. The van der Waals surface area contributed by atoms with Crippen molar-refractivity contribution in [3.05, 3.63) is 41.5 Å². The number of carbonyl (C=O) groups excluding carboxylic acids is 1. The predicted octanol–water partition coefficient (Wildman–Crippen LogP) is 2.43. The molecule has 1 aromatic rings. The number of benzene rings is 1. The van der Waals surface area contributed by atoms with Gasteiger partial charge in [0.2, 0.25) is 0 Å². The molecule has 0 radical (unpaired) electrons. The van der Waals surface area contributed by atoms with E-state index in [9.17, 15) is 9.90 Å². The Morgan fingerprint density at radius 3 is 2.47 bits per heavy atom. The normalized spacial score (nSPS) is 10.5. The Bertz CT molecular complexity index is 422. The smallest absolute Gasteiger partial charge is 0.0422 e. The molecule has 0 atom stereocenters. The highest BCUT2D eigenvalue weighted by molar-refractivity contribution is 5.67. The van der Waals surface area contributed by atoms with Crippen molar-refractivity contribution in [1.82, 2.24) is 6.15 Å². The van der Waals surface area contributed by atoms with E-state index < -0.39 is 11.4 Å². The minimum Gasteiger partial charge on any atom is -0.550 e. The lowest BCUT2D eigenvalue weighted by atomic mass is 9.79. The summed E-state index contributed by atoms with van der Waals surface area (Å²) in [6.45, 7) is 9.52. The van der Waals surface area contributed by atoms with Gasteiger partial charge in [-0.3, -0.25) is 0 Å². The number of aryl methyl sites for hydroxylation is 1. The maximum absolute atomic E-state index is 10.7. The Labute approximate surface area is 103 Å². The molecular weight excluding hydrogens is 214 g/mol. The lowest BCUT2D eigenvalue weighted by Crippen LogP contribution is -2.31. The van der Waals surface area contributed by atoms with E-state index in [1.807, 2.05) is 39.0 Å². The Balaban J connectivity index is 0.00000256. The highest BCUT2D eigenvalue weighted by Crippen LogP contribution is 2.30. The molecule has 1 rings (SSSR count). The van der Waals surface area contributed by atoms with Crippen LogP contribution in [0.5, 0.6) is 0 Å². The Kier molecular flexibility index (Phi) is 5.10. The van der Waals surface area contributed by atoms with Crippen LogP contribution in [0.15, 0.2) is 24.8 Å². The summed E-state index contributed by atoms with van der Waals surface area (Å²) in [6.07, 6.45) is 1.81. The molecule has 0 fully saturated rings. The topological polar surface area (TPSA) is 76.6 Å². The SMILES string of the molecule is C=Cc1ccc(C(C)(C)CC(=O)[O-])c(C)c1.[NH4+]. The first-order valence-electron chi connectivity index (χ1n) is 5.30. The first kappa shape index (κ1) is 15.4. The molecule has 0 spiro atoms. The van der Waals surface area contributed by atoms with Gasteiger partial charge in [-0.05, 0) is 35.4 Å². The van der Waals surface area contributed by atoms with E-state index in [1.165, 1.54) is 0 Å². The van der Waals surface area contributed by atoms with E-state index in [-0.39, 0.29) is 12.6 Å². The Morgan fingerprint density at radius 2 is 2.06 bits per heavy atom. The fourth-order valence-electron chi connectivity index (χ4n) is 2.03. The van der Waals surface area contributed by atoms with Crippen molar-refractivity contribution in [3.8, 4) is 0 Å². The van der Waals surface area contributed by atoms with Crippen LogP contribution in [0.2, 0.25) is 0 Å². The number of hydrogen-bond acceptors (Lipinski definition) is 2. The molecule has 17 heavy (non-hydrogen) atoms. The third-order valence-electron chi connectivity index (χ3n) is 2.80. The van der Waals surface area contributed by atoms with E-state index in [0.717, 1.165) is 16.7 Å². The summed E-state index contributed by atoms with van der Waals surface area (Å²) < 4.78 is 0. The largest absolute Gasteiger partial charge is 0.550 e. The minimum absolute atomic E-state index is 0. The first-order chi connectivity index (χ1) is 7.36. The van der Waals surface area contributed by atoms with Crippen LogP contribution in [0.3, 0.4) is 0 Å². The fraction of sp³-hybridized carbons (Fsp3) is 0.357. The number of hydrogen-bond donors (Lipinski definition) is 1. The summed E-state index contributed by atoms with van der Waals surface area (Å²) in [6, 6.07) is 5.93. The third-order valence-corrected chi connectivity index (χ3v) is 2.80. The number of carboxylic acids is 1. The average Bonchev–Trinajstić information content (AvgIpc) is 2.14. The van der Waals surface area contributed by atoms with Gasteiger partial charge in [0, 0.05) is 5.97 Å². The average molecular weight is 235 g/mol. The molecule has 0 unspecified atom stereocenters. The standard InChI is InChI=1S/C14H18O2.H3N/c1-5-11-6-7-12(10(2)8-11)14(3,4)9-13(15)16;/h5-8H,1,9H2,2-4H3,(H,15,16);1H3. The molecule has 1 aromatic carbocycles. The quantitative estimate of drug-likeness (QED) is 0.870. The Hall–Kier alpha value is -1.61. The monoisotopic (exact) mass is 235 g/mol. The Morgan fingerprint density at radius 1 is 1.47 bits per heavy atom. The number of rotatable bonds is 4. The summed E-state index contributed by atoms with van der Waals surface area (Å²) in [5.41, 5.74) is 2.78. The lowest BCUT2D eigenvalue weighted by molar-refractivity contribution is -0.306. The maximum Gasteiger partial charge on any atom is 0.0422 e. The second-order valence-corrected chi connectivity index (χ2v) is 4.71. The molecule has 0 saturated carbocycles. The van der Waals surface area contributed by atoms with Crippen LogP contribution >= 0.6 is 0 Å². The van der Waals surface area contributed by atoms with E-state index in [1.54, 1.807) is 6.08 Å². The molecule has 0 heterocycles. The van der Waals surface area contributed by atoms with Gasteiger partial charge in [-0.1, -0.05) is 44.7 Å². The summed E-state index contributed by atoms with van der Waals surface area (Å²) in [5.74, 6) is -1.02. The maximum atomic E-state index is 10.7. The van der Waals surface area contributed by atoms with E-state index in [4.69, 9.17) is 0 Å². The van der Waals surface area contributed by atoms with Crippen LogP contribution in [0, 0.1) is 6.92 Å². The van der Waals surface area contributed by atoms with Gasteiger partial charge in [0.25, 0.3) is 0 Å². The summed E-state index contributed by atoms with van der Waals surface area (Å²) in [7, 11) is 0. The molecule has 94 valence electrons. The lowest BCUT2D eigenvalue weighted by Gasteiger charge is -2.27. The van der Waals surface area contributed by atoms with Gasteiger partial charge in [-0.2, -0.15) is 0 Å². The zero-order chi connectivity index (χ0) is 12.3. The number of carboxylic acid groups (broad SMARTS) is 1. The number of aliphatic carboxylic acids is 1. The van der Waals surface area contributed by atoms with E-state index in [0.29, 0.717) is 0 Å². The second-order valence-electron chi connectivity index (χ2n) is 4.71. The zero-order valence-corrected chi connectivity index (χ0v) is 11.0. The van der Waals surface area contributed by atoms with Gasteiger partial charge in [-0.25, -0.2) is 0 Å². The van der Waals surface area contributed by atoms with Crippen molar-refractivity contribution in [2.45, 2.75) is 32.6 Å². The zero-order valence-electron chi connectivity index (χ0n) is 11.0. The molecule has 3 nitrogen and oxygen atoms in total. The molecule has 3 heteroatoms. The van der Waals surface area contributed by atoms with Gasteiger partial charge in [0.15, 0.2) is 0 Å². The first-order valence-corrected chi connectivity index (χ1v) is 5.30. The molecule has 0 aromatic heterocycles. The van der Waals surface area contributed by atoms with Crippen LogP contribution in [-0.4, -0.2) is 5.97 Å². The molecule has 0 aliphatic heterocycles. The van der Waals surface area contributed by atoms with E-state index >= 15 is 0 Å². The van der Waals surface area contributed by atoms with Crippen LogP contribution in [0.4, 0.5) is 0 Å². The third kappa shape index (κ3) is 3.71. The van der Waals surface area contributed by atoms with Gasteiger partial charge < -0.3 is 16.1 Å².